The lowest BCUT2D eigenvalue weighted by Crippen LogP contribution is -2.33. The summed E-state index contributed by atoms with van der Waals surface area (Å²) in [6.07, 6.45) is 1.92. The van der Waals surface area contributed by atoms with E-state index in [0.29, 0.717) is 6.54 Å². The van der Waals surface area contributed by atoms with Gasteiger partial charge in [-0.1, -0.05) is 18.2 Å². The molecule has 0 atom stereocenters. The first-order valence-electron chi connectivity index (χ1n) is 5.31. The fourth-order valence-corrected chi connectivity index (χ4v) is 2.01. The molecule has 1 aliphatic rings. The van der Waals surface area contributed by atoms with Crippen molar-refractivity contribution in [3.8, 4) is 0 Å². The molecule has 0 fully saturated rings. The van der Waals surface area contributed by atoms with Gasteiger partial charge in [-0.25, -0.2) is 0 Å². The van der Waals surface area contributed by atoms with E-state index in [1.54, 1.807) is 4.90 Å². The van der Waals surface area contributed by atoms with E-state index in [4.69, 9.17) is 5.11 Å². The molecule has 0 bridgehead atoms. The molecule has 0 aromatic heterocycles. The monoisotopic (exact) mass is 205 g/mol. The molecule has 1 N–H and O–H groups in total. The van der Waals surface area contributed by atoms with Gasteiger partial charge in [0.05, 0.1) is 6.61 Å². The van der Waals surface area contributed by atoms with Crippen LogP contribution < -0.4 is 0 Å². The van der Waals surface area contributed by atoms with Gasteiger partial charge in [0.1, 0.15) is 0 Å². The van der Waals surface area contributed by atoms with E-state index in [2.05, 4.69) is 0 Å². The second kappa shape index (κ2) is 4.45. The molecule has 0 spiro atoms. The molecule has 3 nitrogen and oxygen atoms in total. The minimum atomic E-state index is 0.0356. The van der Waals surface area contributed by atoms with Crippen LogP contribution in [-0.2, 0) is 6.42 Å². The Labute approximate surface area is 89.3 Å². The van der Waals surface area contributed by atoms with Crippen molar-refractivity contribution in [1.82, 2.24) is 4.90 Å². The van der Waals surface area contributed by atoms with Crippen molar-refractivity contribution < 1.29 is 9.90 Å². The summed E-state index contributed by atoms with van der Waals surface area (Å²) in [5, 5.41) is 8.88. The highest BCUT2D eigenvalue weighted by Gasteiger charge is 2.20. The van der Waals surface area contributed by atoms with Gasteiger partial charge >= 0.3 is 0 Å². The number of carbonyl (C=O) groups excluding carboxylic acids is 1. The number of hydrogen-bond donors (Lipinski definition) is 1. The molecule has 0 radical (unpaired) electrons. The van der Waals surface area contributed by atoms with Gasteiger partial charge in [0, 0.05) is 18.7 Å². The summed E-state index contributed by atoms with van der Waals surface area (Å²) in [4.78, 5) is 13.8. The normalized spacial score (nSPS) is 16.1. The molecule has 80 valence electrons. The number of carbonyl (C=O) groups is 1. The first kappa shape index (κ1) is 10.2. The summed E-state index contributed by atoms with van der Waals surface area (Å²) in [5.74, 6) is 0.0529. The average molecular weight is 205 g/mol. The summed E-state index contributed by atoms with van der Waals surface area (Å²) in [6, 6.07) is 7.73. The number of aliphatic hydroxyl groups is 1. The molecule has 1 amide bonds. The lowest BCUT2D eigenvalue weighted by atomic mass is 10.0. The van der Waals surface area contributed by atoms with Gasteiger partial charge < -0.3 is 10.0 Å². The Hall–Kier alpha value is -1.35. The molecule has 1 aromatic carbocycles. The number of rotatable bonds is 2. The Balaban J connectivity index is 2.30. The molecule has 0 saturated carbocycles. The molecular weight excluding hydrogens is 190 g/mol. The summed E-state index contributed by atoms with van der Waals surface area (Å²) in [5.41, 5.74) is 1.92. The predicted octanol–water partition coefficient (Wildman–Crippen LogP) is 1.07. The van der Waals surface area contributed by atoms with Gasteiger partial charge in [-0.15, -0.1) is 0 Å². The molecule has 15 heavy (non-hydrogen) atoms. The van der Waals surface area contributed by atoms with E-state index in [1.165, 1.54) is 0 Å². The van der Waals surface area contributed by atoms with Gasteiger partial charge in [0.15, 0.2) is 0 Å². The van der Waals surface area contributed by atoms with Crippen molar-refractivity contribution in [2.45, 2.75) is 12.8 Å². The Morgan fingerprint density at radius 2 is 2.13 bits per heavy atom. The van der Waals surface area contributed by atoms with Crippen molar-refractivity contribution in [1.29, 1.82) is 0 Å². The minimum Gasteiger partial charge on any atom is -0.395 e. The molecule has 0 saturated heterocycles. The van der Waals surface area contributed by atoms with Crippen molar-refractivity contribution in [2.75, 3.05) is 19.7 Å². The molecule has 1 aromatic rings. The maximum Gasteiger partial charge on any atom is 0.254 e. The number of nitrogens with zero attached hydrogens (tertiary/aromatic N) is 1. The van der Waals surface area contributed by atoms with E-state index >= 15 is 0 Å². The third kappa shape index (κ3) is 2.02. The molecule has 1 aliphatic heterocycles. The highest BCUT2D eigenvalue weighted by Crippen LogP contribution is 2.17. The van der Waals surface area contributed by atoms with Crippen LogP contribution >= 0.6 is 0 Å². The fourth-order valence-electron chi connectivity index (χ4n) is 2.01. The third-order valence-electron chi connectivity index (χ3n) is 2.78. The van der Waals surface area contributed by atoms with Crippen molar-refractivity contribution in [3.63, 3.8) is 0 Å². The third-order valence-corrected chi connectivity index (χ3v) is 2.78. The minimum absolute atomic E-state index is 0.0356. The van der Waals surface area contributed by atoms with Crippen LogP contribution in [0.1, 0.15) is 22.3 Å². The zero-order valence-corrected chi connectivity index (χ0v) is 8.65. The van der Waals surface area contributed by atoms with Crippen molar-refractivity contribution in [2.24, 2.45) is 0 Å². The van der Waals surface area contributed by atoms with Crippen LogP contribution in [0.5, 0.6) is 0 Å². The number of aryl methyl sites for hydroxylation is 1. The smallest absolute Gasteiger partial charge is 0.254 e. The highest BCUT2D eigenvalue weighted by molar-refractivity contribution is 5.96. The Kier molecular flexibility index (Phi) is 3.02. The van der Waals surface area contributed by atoms with E-state index in [-0.39, 0.29) is 12.5 Å². The van der Waals surface area contributed by atoms with Gasteiger partial charge in [0.25, 0.3) is 5.91 Å². The Morgan fingerprint density at radius 3 is 2.93 bits per heavy atom. The van der Waals surface area contributed by atoms with Crippen LogP contribution in [0, 0.1) is 0 Å². The van der Waals surface area contributed by atoms with Crippen molar-refractivity contribution >= 4 is 5.91 Å². The average Bonchev–Trinajstić information content (AvgIpc) is 2.41. The summed E-state index contributed by atoms with van der Waals surface area (Å²) in [7, 11) is 0. The second-order valence-corrected chi connectivity index (χ2v) is 3.78. The standard InChI is InChI=1S/C12H15NO2/c14-9-8-13-7-3-5-10-4-1-2-6-11(10)12(13)15/h1-2,4,6,14H,3,5,7-9H2. The molecular formula is C12H15NO2. The van der Waals surface area contributed by atoms with Crippen LogP contribution in [0.25, 0.3) is 0 Å². The Morgan fingerprint density at radius 1 is 1.33 bits per heavy atom. The largest absolute Gasteiger partial charge is 0.395 e. The maximum absolute atomic E-state index is 12.0. The number of hydrogen-bond acceptors (Lipinski definition) is 2. The number of aliphatic hydroxyl groups excluding tert-OH is 1. The van der Waals surface area contributed by atoms with E-state index < -0.39 is 0 Å². The zero-order chi connectivity index (χ0) is 10.7. The number of benzene rings is 1. The summed E-state index contributed by atoms with van der Waals surface area (Å²) in [6.45, 7) is 1.22. The van der Waals surface area contributed by atoms with Gasteiger partial charge in [-0.3, -0.25) is 4.79 Å². The SMILES string of the molecule is O=C1c2ccccc2CCCN1CCO. The van der Waals surface area contributed by atoms with Crippen LogP contribution in [0.4, 0.5) is 0 Å². The van der Waals surface area contributed by atoms with Crippen LogP contribution in [0.2, 0.25) is 0 Å². The van der Waals surface area contributed by atoms with Crippen LogP contribution in [-0.4, -0.2) is 35.6 Å². The highest BCUT2D eigenvalue weighted by atomic mass is 16.3. The van der Waals surface area contributed by atoms with E-state index in [0.717, 1.165) is 30.5 Å². The quantitative estimate of drug-likeness (QED) is 0.784. The zero-order valence-electron chi connectivity index (χ0n) is 8.65. The molecule has 2 rings (SSSR count). The first-order chi connectivity index (χ1) is 7.33. The molecule has 0 aliphatic carbocycles. The van der Waals surface area contributed by atoms with Gasteiger partial charge in [-0.05, 0) is 24.5 Å². The van der Waals surface area contributed by atoms with E-state index in [1.807, 2.05) is 24.3 Å². The predicted molar refractivity (Wildman–Crippen MR) is 57.8 cm³/mol. The van der Waals surface area contributed by atoms with Crippen LogP contribution in [0.15, 0.2) is 24.3 Å². The van der Waals surface area contributed by atoms with E-state index in [9.17, 15) is 4.79 Å². The number of β-amino-alcohol motifs (C(OH)–C–C–N with tert-alkyl or cyclic N) is 1. The molecule has 1 heterocycles. The van der Waals surface area contributed by atoms with Gasteiger partial charge in [0.2, 0.25) is 0 Å². The maximum atomic E-state index is 12.0. The fraction of sp³-hybridized carbons (Fsp3) is 0.417. The lowest BCUT2D eigenvalue weighted by molar-refractivity contribution is 0.0727. The molecule has 0 unspecified atom stereocenters. The summed E-state index contributed by atoms with van der Waals surface area (Å²) < 4.78 is 0. The number of amides is 1. The van der Waals surface area contributed by atoms with Gasteiger partial charge in [-0.2, -0.15) is 0 Å². The topological polar surface area (TPSA) is 40.5 Å². The number of fused-ring (bicyclic) bond motifs is 1. The lowest BCUT2D eigenvalue weighted by Gasteiger charge is -2.19. The first-order valence-corrected chi connectivity index (χ1v) is 5.31. The second-order valence-electron chi connectivity index (χ2n) is 3.78. The Bertz CT molecular complexity index is 362. The summed E-state index contributed by atoms with van der Waals surface area (Å²) >= 11 is 0. The van der Waals surface area contributed by atoms with Crippen LogP contribution in [0.3, 0.4) is 0 Å². The molecule has 3 heteroatoms. The van der Waals surface area contributed by atoms with Crippen molar-refractivity contribution in [3.05, 3.63) is 35.4 Å².